The molecule has 0 bridgehead atoms. The number of aromatic hydroxyl groups is 1. The van der Waals surface area contributed by atoms with Crippen LogP contribution < -0.4 is 5.32 Å². The van der Waals surface area contributed by atoms with Gasteiger partial charge in [0.25, 0.3) is 5.91 Å². The van der Waals surface area contributed by atoms with Gasteiger partial charge >= 0.3 is 0 Å². The molecule has 0 aliphatic heterocycles. The fraction of sp³-hybridized carbons (Fsp3) is 0. The summed E-state index contributed by atoms with van der Waals surface area (Å²) in [5.74, 6) is -0.923. The van der Waals surface area contributed by atoms with Crippen LogP contribution in [0.3, 0.4) is 0 Å². The number of halogens is 1. The van der Waals surface area contributed by atoms with Crippen molar-refractivity contribution in [3.05, 3.63) is 109 Å². The lowest BCUT2D eigenvalue weighted by Gasteiger charge is -2.07. The van der Waals surface area contributed by atoms with Crippen molar-refractivity contribution < 1.29 is 14.3 Å². The minimum Gasteiger partial charge on any atom is -0.508 e. The third-order valence-corrected chi connectivity index (χ3v) is 6.72. The predicted octanol–water partition coefficient (Wildman–Crippen LogP) is 6.33. The largest absolute Gasteiger partial charge is 0.508 e. The van der Waals surface area contributed by atoms with E-state index in [-0.39, 0.29) is 11.7 Å². The molecule has 7 rings (SSSR count). The normalized spacial score (nSPS) is 11.2. The van der Waals surface area contributed by atoms with Crippen molar-refractivity contribution in [2.24, 2.45) is 0 Å². The first-order chi connectivity index (χ1) is 20.0. The minimum atomic E-state index is -0.533. The van der Waals surface area contributed by atoms with E-state index in [1.54, 1.807) is 36.8 Å². The summed E-state index contributed by atoms with van der Waals surface area (Å²) in [7, 11) is 0. The van der Waals surface area contributed by atoms with Crippen molar-refractivity contribution in [3.8, 4) is 39.5 Å². The van der Waals surface area contributed by atoms with Crippen molar-refractivity contribution in [2.45, 2.75) is 0 Å². The number of rotatable bonds is 5. The van der Waals surface area contributed by atoms with Crippen LogP contribution in [0, 0.1) is 5.82 Å². The van der Waals surface area contributed by atoms with E-state index in [9.17, 15) is 14.3 Å². The molecule has 5 aromatic heterocycles. The van der Waals surface area contributed by atoms with Crippen molar-refractivity contribution in [1.82, 2.24) is 30.1 Å². The van der Waals surface area contributed by atoms with Gasteiger partial charge in [0.2, 0.25) is 0 Å². The van der Waals surface area contributed by atoms with Crippen LogP contribution in [0.2, 0.25) is 0 Å². The van der Waals surface area contributed by atoms with E-state index in [1.165, 1.54) is 12.1 Å². The van der Waals surface area contributed by atoms with Crippen molar-refractivity contribution in [2.75, 3.05) is 5.32 Å². The second kappa shape index (κ2) is 9.69. The van der Waals surface area contributed by atoms with Crippen LogP contribution in [0.15, 0.2) is 97.5 Å². The van der Waals surface area contributed by atoms with Gasteiger partial charge in [-0.25, -0.2) is 14.4 Å². The van der Waals surface area contributed by atoms with Crippen molar-refractivity contribution in [3.63, 3.8) is 0 Å². The summed E-state index contributed by atoms with van der Waals surface area (Å²) >= 11 is 0. The van der Waals surface area contributed by atoms with E-state index in [2.05, 4.69) is 30.5 Å². The standard InChI is InChI=1S/C31H20FN7O2/c32-20-10-18(12-22(40)13-20)23-8-9-34-30-24(23)14-27(37-30)29-28-26(38-39-29)7-6-25(36-28)19-11-21(16-33-15-19)35-31(41)17-4-2-1-3-5-17/h1-16,40H,(H,34,37)(H,35,41)(H,38,39). The van der Waals surface area contributed by atoms with Crippen LogP contribution in [-0.4, -0.2) is 41.1 Å². The smallest absolute Gasteiger partial charge is 0.255 e. The molecule has 198 valence electrons. The molecule has 0 spiro atoms. The number of phenols is 1. The molecular formula is C31H20FN7O2. The van der Waals surface area contributed by atoms with Gasteiger partial charge in [0.1, 0.15) is 28.4 Å². The van der Waals surface area contributed by atoms with E-state index in [1.807, 2.05) is 42.5 Å². The van der Waals surface area contributed by atoms with E-state index >= 15 is 0 Å². The molecule has 4 N–H and O–H groups in total. The zero-order chi connectivity index (χ0) is 27.9. The predicted molar refractivity (Wildman–Crippen MR) is 154 cm³/mol. The third kappa shape index (κ3) is 4.53. The summed E-state index contributed by atoms with van der Waals surface area (Å²) < 4.78 is 14.0. The number of benzene rings is 2. The average Bonchev–Trinajstić information content (AvgIpc) is 3.61. The number of hydrogen-bond acceptors (Lipinski definition) is 6. The number of aromatic amines is 2. The fourth-order valence-corrected chi connectivity index (χ4v) is 4.82. The lowest BCUT2D eigenvalue weighted by atomic mass is 10.0. The molecule has 41 heavy (non-hydrogen) atoms. The molecule has 0 radical (unpaired) electrons. The number of nitrogens with one attached hydrogen (secondary N) is 3. The molecule has 1 amide bonds. The molecule has 0 unspecified atom stereocenters. The van der Waals surface area contributed by atoms with Gasteiger partial charge in [-0.3, -0.25) is 14.9 Å². The second-order valence-corrected chi connectivity index (χ2v) is 9.45. The number of anilines is 1. The highest BCUT2D eigenvalue weighted by molar-refractivity contribution is 6.04. The number of hydrogen-bond donors (Lipinski definition) is 4. The number of amides is 1. The monoisotopic (exact) mass is 541 g/mol. The molecule has 10 heteroatoms. The highest BCUT2D eigenvalue weighted by atomic mass is 19.1. The van der Waals surface area contributed by atoms with Gasteiger partial charge in [0.15, 0.2) is 0 Å². The summed E-state index contributed by atoms with van der Waals surface area (Å²) in [6.07, 6.45) is 4.88. The molecule has 0 aliphatic carbocycles. The first kappa shape index (κ1) is 24.2. The van der Waals surface area contributed by atoms with E-state index < -0.39 is 5.82 Å². The fourth-order valence-electron chi connectivity index (χ4n) is 4.82. The Hall–Kier alpha value is -5.90. The highest BCUT2D eigenvalue weighted by Crippen LogP contribution is 2.34. The Labute approximate surface area is 231 Å². The Balaban J connectivity index is 1.25. The van der Waals surface area contributed by atoms with Gasteiger partial charge in [0.05, 0.1) is 28.8 Å². The minimum absolute atomic E-state index is 0.158. The van der Waals surface area contributed by atoms with Crippen LogP contribution in [0.1, 0.15) is 10.4 Å². The molecule has 0 saturated carbocycles. The van der Waals surface area contributed by atoms with Crippen molar-refractivity contribution >= 4 is 33.7 Å². The number of aromatic nitrogens is 6. The first-order valence-corrected chi connectivity index (χ1v) is 12.7. The molecule has 0 aliphatic rings. The number of H-pyrrole nitrogens is 2. The lowest BCUT2D eigenvalue weighted by Crippen LogP contribution is -2.11. The van der Waals surface area contributed by atoms with Crippen LogP contribution >= 0.6 is 0 Å². The third-order valence-electron chi connectivity index (χ3n) is 6.72. The van der Waals surface area contributed by atoms with E-state index in [0.717, 1.165) is 22.5 Å². The van der Waals surface area contributed by atoms with Gasteiger partial charge < -0.3 is 15.4 Å². The topological polar surface area (TPSA) is 132 Å². The van der Waals surface area contributed by atoms with Crippen molar-refractivity contribution in [1.29, 1.82) is 0 Å². The maximum absolute atomic E-state index is 14.0. The lowest BCUT2D eigenvalue weighted by molar-refractivity contribution is 0.102. The zero-order valence-electron chi connectivity index (χ0n) is 21.3. The second-order valence-electron chi connectivity index (χ2n) is 9.45. The molecule has 0 saturated heterocycles. The Morgan fingerprint density at radius 2 is 1.80 bits per heavy atom. The summed E-state index contributed by atoms with van der Waals surface area (Å²) in [6.45, 7) is 0. The molecule has 0 fully saturated rings. The maximum Gasteiger partial charge on any atom is 0.255 e. The van der Waals surface area contributed by atoms with Gasteiger partial charge in [0, 0.05) is 35.0 Å². The summed E-state index contributed by atoms with van der Waals surface area (Å²) in [5, 5.41) is 21.1. The quantitative estimate of drug-likeness (QED) is 0.201. The average molecular weight is 542 g/mol. The number of nitrogens with zero attached hydrogens (tertiary/aromatic N) is 4. The summed E-state index contributed by atoms with van der Waals surface area (Å²) in [5.41, 5.74) is 6.87. The van der Waals surface area contributed by atoms with Crippen LogP contribution in [0.4, 0.5) is 10.1 Å². The van der Waals surface area contributed by atoms with Crippen LogP contribution in [0.25, 0.3) is 55.8 Å². The Bertz CT molecular complexity index is 2070. The Kier molecular flexibility index (Phi) is 5.71. The summed E-state index contributed by atoms with van der Waals surface area (Å²) in [4.78, 5) is 29.5. The molecule has 5 heterocycles. The highest BCUT2D eigenvalue weighted by Gasteiger charge is 2.17. The van der Waals surface area contributed by atoms with Gasteiger partial charge in [-0.15, -0.1) is 0 Å². The molecule has 7 aromatic rings. The number of phenolic OH excluding ortho intramolecular Hbond substituents is 1. The summed E-state index contributed by atoms with van der Waals surface area (Å²) in [6, 6.07) is 22.1. The van der Waals surface area contributed by atoms with E-state index in [0.29, 0.717) is 50.6 Å². The van der Waals surface area contributed by atoms with Crippen LogP contribution in [0.5, 0.6) is 5.75 Å². The maximum atomic E-state index is 14.0. The number of pyridine rings is 3. The molecule has 2 aromatic carbocycles. The first-order valence-electron chi connectivity index (χ1n) is 12.7. The van der Waals surface area contributed by atoms with E-state index in [4.69, 9.17) is 4.98 Å². The Morgan fingerprint density at radius 3 is 2.66 bits per heavy atom. The SMILES string of the molecule is O=C(Nc1cncc(-c2ccc3[nH]nc(-c4cc5c(-c6cc(O)cc(F)c6)ccnc5[nH]4)c3n2)c1)c1ccccc1. The molecule has 0 atom stereocenters. The number of carbonyl (C=O) groups is 1. The van der Waals surface area contributed by atoms with Crippen LogP contribution in [-0.2, 0) is 0 Å². The molecular weight excluding hydrogens is 521 g/mol. The van der Waals surface area contributed by atoms with Gasteiger partial charge in [-0.05, 0) is 65.7 Å². The zero-order valence-corrected chi connectivity index (χ0v) is 21.3. The number of fused-ring (bicyclic) bond motifs is 2. The number of carbonyl (C=O) groups excluding carboxylic acids is 1. The molecule has 9 nitrogen and oxygen atoms in total. The van der Waals surface area contributed by atoms with Gasteiger partial charge in [-0.1, -0.05) is 18.2 Å². The Morgan fingerprint density at radius 1 is 0.927 bits per heavy atom. The van der Waals surface area contributed by atoms with Gasteiger partial charge in [-0.2, -0.15) is 5.10 Å².